The maximum atomic E-state index is 12.9. The average Bonchev–Trinajstić information content (AvgIpc) is 3.23. The molecule has 1 aliphatic heterocycles. The minimum absolute atomic E-state index is 0.126. The van der Waals surface area contributed by atoms with Crippen LogP contribution in [0.15, 0.2) is 48.5 Å². The fourth-order valence-corrected chi connectivity index (χ4v) is 4.99. The molecule has 1 amide bonds. The fraction of sp³-hybridized carbons (Fsp3) is 0.458. The van der Waals surface area contributed by atoms with Crippen molar-refractivity contribution in [1.29, 1.82) is 0 Å². The van der Waals surface area contributed by atoms with Crippen LogP contribution in [0, 0.1) is 5.92 Å². The van der Waals surface area contributed by atoms with Crippen LogP contribution in [0.3, 0.4) is 0 Å². The molecule has 1 N–H and O–H groups in total. The lowest BCUT2D eigenvalue weighted by molar-refractivity contribution is -0.132. The van der Waals surface area contributed by atoms with Crippen molar-refractivity contribution in [1.82, 2.24) is 5.32 Å². The minimum atomic E-state index is -0.352. The third kappa shape index (κ3) is 4.96. The van der Waals surface area contributed by atoms with Gasteiger partial charge >= 0.3 is 0 Å². The maximum Gasteiger partial charge on any atom is 0.223 e. The van der Waals surface area contributed by atoms with E-state index in [1.165, 1.54) is 0 Å². The number of halogens is 2. The Morgan fingerprint density at radius 2 is 1.62 bits per heavy atom. The third-order valence-electron chi connectivity index (χ3n) is 6.21. The number of ether oxygens (including phenoxy) is 1. The molecular formula is C24H27Cl2NO2. The van der Waals surface area contributed by atoms with Gasteiger partial charge in [-0.3, -0.25) is 4.79 Å². The second kappa shape index (κ2) is 8.67. The molecule has 2 fully saturated rings. The Bertz CT molecular complexity index is 863. The van der Waals surface area contributed by atoms with Gasteiger partial charge in [0, 0.05) is 34.3 Å². The summed E-state index contributed by atoms with van der Waals surface area (Å²) in [4.78, 5) is 12.9. The van der Waals surface area contributed by atoms with E-state index in [0.717, 1.165) is 49.7 Å². The molecule has 0 spiro atoms. The number of amides is 1. The van der Waals surface area contributed by atoms with Gasteiger partial charge in [-0.1, -0.05) is 60.3 Å². The number of carbonyl (C=O) groups is 1. The lowest BCUT2D eigenvalue weighted by Gasteiger charge is -2.44. The maximum absolute atomic E-state index is 12.9. The van der Waals surface area contributed by atoms with Crippen LogP contribution < -0.4 is 5.32 Å². The molecule has 1 saturated heterocycles. The van der Waals surface area contributed by atoms with E-state index in [9.17, 15) is 4.79 Å². The zero-order chi connectivity index (χ0) is 20.4. The van der Waals surface area contributed by atoms with E-state index in [0.29, 0.717) is 10.0 Å². The van der Waals surface area contributed by atoms with Gasteiger partial charge in [0.2, 0.25) is 5.91 Å². The van der Waals surface area contributed by atoms with E-state index in [2.05, 4.69) is 12.2 Å². The summed E-state index contributed by atoms with van der Waals surface area (Å²) in [6.45, 7) is 2.14. The molecule has 2 aromatic rings. The molecule has 5 heteroatoms. The van der Waals surface area contributed by atoms with Crippen molar-refractivity contribution < 1.29 is 9.53 Å². The van der Waals surface area contributed by atoms with Gasteiger partial charge in [0.1, 0.15) is 0 Å². The Labute approximate surface area is 182 Å². The van der Waals surface area contributed by atoms with Gasteiger partial charge in [0.05, 0.1) is 12.2 Å². The summed E-state index contributed by atoms with van der Waals surface area (Å²) in [5, 5.41) is 4.78. The van der Waals surface area contributed by atoms with Crippen molar-refractivity contribution in [2.45, 2.75) is 63.2 Å². The van der Waals surface area contributed by atoms with Gasteiger partial charge in [-0.25, -0.2) is 0 Å². The largest absolute Gasteiger partial charge is 0.365 e. The van der Waals surface area contributed by atoms with Crippen LogP contribution in [0.5, 0.6) is 0 Å². The topological polar surface area (TPSA) is 38.3 Å². The lowest BCUT2D eigenvalue weighted by Crippen LogP contribution is -2.52. The normalized spacial score (nSPS) is 27.7. The number of rotatable bonds is 4. The van der Waals surface area contributed by atoms with E-state index >= 15 is 0 Å². The van der Waals surface area contributed by atoms with Gasteiger partial charge in [0.15, 0.2) is 0 Å². The average molecular weight is 432 g/mol. The third-order valence-corrected chi connectivity index (χ3v) is 6.70. The molecule has 0 radical (unpaired) electrons. The van der Waals surface area contributed by atoms with Crippen LogP contribution in [0.2, 0.25) is 10.0 Å². The Morgan fingerprint density at radius 1 is 0.966 bits per heavy atom. The highest BCUT2D eigenvalue weighted by molar-refractivity contribution is 6.30. The van der Waals surface area contributed by atoms with Crippen molar-refractivity contribution in [3.05, 3.63) is 69.7 Å². The van der Waals surface area contributed by atoms with Crippen LogP contribution in [-0.4, -0.2) is 11.4 Å². The number of nitrogens with one attached hydrogen (secondary N) is 1. The Hall–Kier alpha value is -1.55. The summed E-state index contributed by atoms with van der Waals surface area (Å²) in [6, 6.07) is 15.6. The number of benzene rings is 2. The number of hydrogen-bond donors (Lipinski definition) is 1. The van der Waals surface area contributed by atoms with Gasteiger partial charge in [-0.2, -0.15) is 0 Å². The summed E-state index contributed by atoms with van der Waals surface area (Å²) in [5.74, 6) is 0.333. The molecule has 154 valence electrons. The van der Waals surface area contributed by atoms with Crippen LogP contribution in [-0.2, 0) is 9.53 Å². The van der Waals surface area contributed by atoms with E-state index in [4.69, 9.17) is 27.9 Å². The van der Waals surface area contributed by atoms with Gasteiger partial charge in [0.25, 0.3) is 0 Å². The molecule has 1 saturated carbocycles. The van der Waals surface area contributed by atoms with Crippen LogP contribution in [0.1, 0.15) is 68.8 Å². The summed E-state index contributed by atoms with van der Waals surface area (Å²) in [6.07, 6.45) is 5.47. The van der Waals surface area contributed by atoms with Crippen LogP contribution in [0.25, 0.3) is 0 Å². The van der Waals surface area contributed by atoms with Crippen molar-refractivity contribution in [2.75, 3.05) is 0 Å². The minimum Gasteiger partial charge on any atom is -0.365 e. The molecule has 2 aliphatic rings. The number of carbonyl (C=O) groups excluding carboxylic acids is 1. The second-order valence-corrected chi connectivity index (χ2v) is 9.53. The molecule has 3 nitrogen and oxygen atoms in total. The zero-order valence-electron chi connectivity index (χ0n) is 16.7. The molecule has 4 rings (SSSR count). The molecule has 0 aromatic heterocycles. The van der Waals surface area contributed by atoms with Crippen molar-refractivity contribution in [2.24, 2.45) is 5.92 Å². The highest BCUT2D eigenvalue weighted by Gasteiger charge is 2.41. The first-order valence-corrected chi connectivity index (χ1v) is 11.2. The number of hydrogen-bond acceptors (Lipinski definition) is 2. The van der Waals surface area contributed by atoms with E-state index in [-0.39, 0.29) is 29.6 Å². The van der Waals surface area contributed by atoms with Gasteiger partial charge in [-0.05, 0) is 55.2 Å². The molecule has 1 aliphatic carbocycles. The zero-order valence-corrected chi connectivity index (χ0v) is 18.2. The first kappa shape index (κ1) is 20.7. The lowest BCUT2D eigenvalue weighted by atomic mass is 9.81. The van der Waals surface area contributed by atoms with E-state index in [1.54, 1.807) is 0 Å². The van der Waals surface area contributed by atoms with Crippen molar-refractivity contribution >= 4 is 29.1 Å². The van der Waals surface area contributed by atoms with Crippen molar-refractivity contribution in [3.63, 3.8) is 0 Å². The molecule has 29 heavy (non-hydrogen) atoms. The van der Waals surface area contributed by atoms with Crippen LogP contribution >= 0.6 is 23.2 Å². The molecular weight excluding hydrogens is 405 g/mol. The second-order valence-electron chi connectivity index (χ2n) is 8.66. The first-order valence-electron chi connectivity index (χ1n) is 10.4. The Morgan fingerprint density at radius 3 is 2.28 bits per heavy atom. The Balaban J connectivity index is 1.61. The summed E-state index contributed by atoms with van der Waals surface area (Å²) in [7, 11) is 0. The monoisotopic (exact) mass is 431 g/mol. The molecule has 1 heterocycles. The predicted molar refractivity (Wildman–Crippen MR) is 117 cm³/mol. The van der Waals surface area contributed by atoms with Gasteiger partial charge < -0.3 is 10.1 Å². The molecule has 0 bridgehead atoms. The highest BCUT2D eigenvalue weighted by Crippen LogP contribution is 2.44. The smallest absolute Gasteiger partial charge is 0.223 e. The highest BCUT2D eigenvalue weighted by atomic mass is 35.5. The van der Waals surface area contributed by atoms with E-state index < -0.39 is 0 Å². The summed E-state index contributed by atoms with van der Waals surface area (Å²) in [5.41, 5.74) is 1.76. The SMILES string of the molecule is C[C@]1(NC(=O)C2CCCC2)C[C@@H](c2ccc(Cl)cc2)O[C@@H](c2cccc(Cl)c2)C1. The van der Waals surface area contributed by atoms with Crippen LogP contribution in [0.4, 0.5) is 0 Å². The summed E-state index contributed by atoms with van der Waals surface area (Å²) >= 11 is 12.3. The standard InChI is InChI=1S/C24H27Cl2NO2/c1-24(27-23(28)17-5-2-3-6-17)14-21(16-9-11-19(25)12-10-16)29-22(15-24)18-7-4-8-20(26)13-18/h4,7-13,17,21-22H,2-3,5-6,14-15H2,1H3,(H,27,28)/t21-,22+,24-/m0/s1. The molecule has 3 atom stereocenters. The first-order chi connectivity index (χ1) is 13.9. The summed E-state index contributed by atoms with van der Waals surface area (Å²) < 4.78 is 6.50. The van der Waals surface area contributed by atoms with E-state index in [1.807, 2.05) is 48.5 Å². The predicted octanol–water partition coefficient (Wildman–Crippen LogP) is 6.65. The quantitative estimate of drug-likeness (QED) is 0.587. The van der Waals surface area contributed by atoms with Crippen molar-refractivity contribution in [3.8, 4) is 0 Å². The Kier molecular flexibility index (Phi) is 6.19. The molecule has 0 unspecified atom stereocenters. The fourth-order valence-electron chi connectivity index (χ4n) is 4.66. The van der Waals surface area contributed by atoms with Gasteiger partial charge in [-0.15, -0.1) is 0 Å². The molecule has 2 aromatic carbocycles.